The first kappa shape index (κ1) is 10.9. The highest BCUT2D eigenvalue weighted by atomic mass is 19.3. The number of hydrogen-bond donors (Lipinski definition) is 1. The fourth-order valence-corrected chi connectivity index (χ4v) is 1.67. The summed E-state index contributed by atoms with van der Waals surface area (Å²) in [6.07, 6.45) is -1.53. The monoisotopic (exact) mass is 208 g/mol. The molecule has 1 saturated carbocycles. The van der Waals surface area contributed by atoms with Crippen molar-refractivity contribution in [3.63, 3.8) is 0 Å². The molecule has 0 heterocycles. The highest BCUT2D eigenvalue weighted by Crippen LogP contribution is 2.43. The van der Waals surface area contributed by atoms with Gasteiger partial charge in [-0.05, 0) is 0 Å². The number of methoxy groups -OCH3 is 1. The van der Waals surface area contributed by atoms with Crippen LogP contribution >= 0.6 is 0 Å². The molecule has 0 aromatic heterocycles. The van der Waals surface area contributed by atoms with Crippen molar-refractivity contribution in [1.29, 1.82) is 0 Å². The summed E-state index contributed by atoms with van der Waals surface area (Å²) in [5.74, 6) is -7.90. The van der Waals surface area contributed by atoms with E-state index in [1.54, 1.807) is 0 Å². The molecule has 0 radical (unpaired) electrons. The Labute approximate surface area is 78.8 Å². The molecule has 0 aromatic rings. The Hall–Kier alpha value is -1.20. The molecule has 1 rings (SSSR count). The van der Waals surface area contributed by atoms with Crippen LogP contribution in [0.3, 0.4) is 0 Å². The van der Waals surface area contributed by atoms with Crippen LogP contribution in [0, 0.1) is 11.8 Å². The Kier molecular flexibility index (Phi) is 2.73. The van der Waals surface area contributed by atoms with E-state index in [0.29, 0.717) is 0 Å². The summed E-state index contributed by atoms with van der Waals surface area (Å²) in [5.41, 5.74) is 0. The van der Waals surface area contributed by atoms with Crippen LogP contribution < -0.4 is 0 Å². The third-order valence-electron chi connectivity index (χ3n) is 2.34. The van der Waals surface area contributed by atoms with Crippen molar-refractivity contribution in [2.75, 3.05) is 7.11 Å². The number of rotatable bonds is 2. The molecule has 0 spiro atoms. The second-order valence-electron chi connectivity index (χ2n) is 3.34. The van der Waals surface area contributed by atoms with Gasteiger partial charge in [0.2, 0.25) is 5.92 Å². The number of ether oxygens (including phenoxy) is 1. The molecule has 14 heavy (non-hydrogen) atoms. The third-order valence-corrected chi connectivity index (χ3v) is 2.34. The first-order valence-electron chi connectivity index (χ1n) is 4.06. The zero-order valence-corrected chi connectivity index (χ0v) is 7.50. The summed E-state index contributed by atoms with van der Waals surface area (Å²) in [6, 6.07) is 0. The first-order valence-corrected chi connectivity index (χ1v) is 4.06. The summed E-state index contributed by atoms with van der Waals surface area (Å²) >= 11 is 0. The van der Waals surface area contributed by atoms with Crippen LogP contribution in [0.1, 0.15) is 12.8 Å². The maximum atomic E-state index is 12.8. The summed E-state index contributed by atoms with van der Waals surface area (Å²) in [4.78, 5) is 21.6. The van der Waals surface area contributed by atoms with E-state index in [1.807, 2.05) is 0 Å². The van der Waals surface area contributed by atoms with Crippen LogP contribution in [-0.4, -0.2) is 30.1 Å². The summed E-state index contributed by atoms with van der Waals surface area (Å²) in [7, 11) is 1.05. The van der Waals surface area contributed by atoms with Gasteiger partial charge < -0.3 is 9.84 Å². The molecule has 0 amide bonds. The highest BCUT2D eigenvalue weighted by Gasteiger charge is 2.52. The minimum Gasteiger partial charge on any atom is -0.481 e. The van der Waals surface area contributed by atoms with Crippen molar-refractivity contribution < 1.29 is 28.2 Å². The second-order valence-corrected chi connectivity index (χ2v) is 3.34. The SMILES string of the molecule is COC(=O)[C@@H]1CC(F)(F)C[C@H]1C(=O)O. The van der Waals surface area contributed by atoms with E-state index in [9.17, 15) is 18.4 Å². The number of halogens is 2. The number of aliphatic carboxylic acids is 1. The fourth-order valence-electron chi connectivity index (χ4n) is 1.67. The maximum Gasteiger partial charge on any atom is 0.309 e. The number of hydrogen-bond acceptors (Lipinski definition) is 3. The molecule has 0 bridgehead atoms. The predicted molar refractivity (Wildman–Crippen MR) is 40.8 cm³/mol. The molecule has 0 aliphatic heterocycles. The lowest BCUT2D eigenvalue weighted by Crippen LogP contribution is -2.26. The Morgan fingerprint density at radius 1 is 1.36 bits per heavy atom. The van der Waals surface area contributed by atoms with Crippen LogP contribution in [0.25, 0.3) is 0 Å². The average molecular weight is 208 g/mol. The lowest BCUT2D eigenvalue weighted by atomic mass is 9.97. The van der Waals surface area contributed by atoms with Gasteiger partial charge in [0.05, 0.1) is 18.9 Å². The van der Waals surface area contributed by atoms with Gasteiger partial charge >= 0.3 is 11.9 Å². The predicted octanol–water partition coefficient (Wildman–Crippen LogP) is 0.905. The van der Waals surface area contributed by atoms with Gasteiger partial charge in [0.15, 0.2) is 0 Å². The topological polar surface area (TPSA) is 63.6 Å². The number of carbonyl (C=O) groups excluding carboxylic acids is 1. The Balaban J connectivity index is 2.83. The van der Waals surface area contributed by atoms with Crippen LogP contribution in [0.5, 0.6) is 0 Å². The van der Waals surface area contributed by atoms with Crippen molar-refractivity contribution in [1.82, 2.24) is 0 Å². The second kappa shape index (κ2) is 3.51. The fraction of sp³-hybridized carbons (Fsp3) is 0.750. The smallest absolute Gasteiger partial charge is 0.309 e. The highest BCUT2D eigenvalue weighted by molar-refractivity contribution is 5.82. The zero-order chi connectivity index (χ0) is 10.9. The van der Waals surface area contributed by atoms with Crippen molar-refractivity contribution in [3.8, 4) is 0 Å². The molecule has 0 unspecified atom stereocenters. The van der Waals surface area contributed by atoms with Gasteiger partial charge in [0.25, 0.3) is 0 Å². The third kappa shape index (κ3) is 2.00. The van der Waals surface area contributed by atoms with Gasteiger partial charge in [-0.3, -0.25) is 9.59 Å². The summed E-state index contributed by atoms with van der Waals surface area (Å²) in [6.45, 7) is 0. The maximum absolute atomic E-state index is 12.8. The van der Waals surface area contributed by atoms with E-state index in [-0.39, 0.29) is 0 Å². The molecule has 1 N–H and O–H groups in total. The van der Waals surface area contributed by atoms with Gasteiger partial charge in [-0.1, -0.05) is 0 Å². The standard InChI is InChI=1S/C8H10F2O4/c1-14-7(13)5-3-8(9,10)2-4(5)6(11)12/h4-5H,2-3H2,1H3,(H,11,12)/t4-,5-/m1/s1. The van der Waals surface area contributed by atoms with Gasteiger partial charge in [-0.2, -0.15) is 0 Å². The van der Waals surface area contributed by atoms with E-state index in [4.69, 9.17) is 5.11 Å². The molecule has 6 heteroatoms. The quantitative estimate of drug-likeness (QED) is 0.685. The minimum absolute atomic E-state index is 0.739. The van der Waals surface area contributed by atoms with Gasteiger partial charge in [0.1, 0.15) is 0 Å². The van der Waals surface area contributed by atoms with E-state index in [2.05, 4.69) is 4.74 Å². The molecule has 0 aromatic carbocycles. The Morgan fingerprint density at radius 3 is 2.29 bits per heavy atom. The van der Waals surface area contributed by atoms with Gasteiger partial charge in [0, 0.05) is 12.8 Å². The number of esters is 1. The number of carboxylic acids is 1. The molecule has 1 aliphatic carbocycles. The average Bonchev–Trinajstić information content (AvgIpc) is 2.40. The zero-order valence-electron chi connectivity index (χ0n) is 7.50. The molecular weight excluding hydrogens is 198 g/mol. The van der Waals surface area contributed by atoms with E-state index in [0.717, 1.165) is 7.11 Å². The summed E-state index contributed by atoms with van der Waals surface area (Å²) < 4.78 is 29.9. The number of carbonyl (C=O) groups is 2. The van der Waals surface area contributed by atoms with Crippen LogP contribution in [0.2, 0.25) is 0 Å². The molecule has 4 nitrogen and oxygen atoms in total. The van der Waals surface area contributed by atoms with Crippen molar-refractivity contribution in [2.24, 2.45) is 11.8 Å². The van der Waals surface area contributed by atoms with E-state index >= 15 is 0 Å². The molecule has 80 valence electrons. The van der Waals surface area contributed by atoms with Crippen molar-refractivity contribution in [3.05, 3.63) is 0 Å². The summed E-state index contributed by atoms with van der Waals surface area (Å²) in [5, 5.41) is 8.62. The lowest BCUT2D eigenvalue weighted by molar-refractivity contribution is -0.154. The molecule has 2 atom stereocenters. The number of alkyl halides is 2. The Bertz CT molecular complexity index is 264. The first-order chi connectivity index (χ1) is 6.37. The lowest BCUT2D eigenvalue weighted by Gasteiger charge is -2.11. The Morgan fingerprint density at radius 2 is 1.86 bits per heavy atom. The number of carboxylic acid groups (broad SMARTS) is 1. The molecule has 1 fully saturated rings. The molecule has 0 saturated heterocycles. The molecule has 1 aliphatic rings. The van der Waals surface area contributed by atoms with Crippen LogP contribution in [0.15, 0.2) is 0 Å². The van der Waals surface area contributed by atoms with Crippen molar-refractivity contribution in [2.45, 2.75) is 18.8 Å². The van der Waals surface area contributed by atoms with Gasteiger partial charge in [-0.15, -0.1) is 0 Å². The molecular formula is C8H10F2O4. The van der Waals surface area contributed by atoms with E-state index in [1.165, 1.54) is 0 Å². The van der Waals surface area contributed by atoms with E-state index < -0.39 is 42.5 Å². The van der Waals surface area contributed by atoms with Crippen molar-refractivity contribution >= 4 is 11.9 Å². The minimum atomic E-state index is -3.08. The van der Waals surface area contributed by atoms with Crippen LogP contribution in [0.4, 0.5) is 8.78 Å². The largest absolute Gasteiger partial charge is 0.481 e. The normalized spacial score (nSPS) is 29.9. The van der Waals surface area contributed by atoms with Gasteiger partial charge in [-0.25, -0.2) is 8.78 Å². The van der Waals surface area contributed by atoms with Crippen LogP contribution in [-0.2, 0) is 14.3 Å².